The highest BCUT2D eigenvalue weighted by atomic mass is 16.5. The van der Waals surface area contributed by atoms with Gasteiger partial charge >= 0.3 is 6.03 Å². The Morgan fingerprint density at radius 3 is 2.62 bits per heavy atom. The van der Waals surface area contributed by atoms with Gasteiger partial charge in [0.1, 0.15) is 0 Å². The summed E-state index contributed by atoms with van der Waals surface area (Å²) in [6.07, 6.45) is 2.57. The second-order valence-corrected chi connectivity index (χ2v) is 5.08. The minimum Gasteiger partial charge on any atom is -0.490 e. The van der Waals surface area contributed by atoms with Crippen molar-refractivity contribution < 1.29 is 14.3 Å². The highest BCUT2D eigenvalue weighted by Crippen LogP contribution is 2.31. The first kappa shape index (κ1) is 17.6. The van der Waals surface area contributed by atoms with E-state index in [0.717, 1.165) is 12.0 Å². The van der Waals surface area contributed by atoms with Crippen LogP contribution in [0.25, 0.3) is 0 Å². The first-order valence-electron chi connectivity index (χ1n) is 8.09. The number of ether oxygens (including phenoxy) is 2. The summed E-state index contributed by atoms with van der Waals surface area (Å²) in [5, 5.41) is 5.46. The average Bonchev–Trinajstić information content (AvgIpc) is 2.60. The molecule has 0 radical (unpaired) electrons. The number of amides is 2. The predicted molar refractivity (Wildman–Crippen MR) is 92.5 cm³/mol. The van der Waals surface area contributed by atoms with Crippen LogP contribution in [-0.4, -0.2) is 24.2 Å². The number of urea groups is 1. The molecule has 0 fully saturated rings. The number of carbonyl (C=O) groups is 1. The van der Waals surface area contributed by atoms with Crippen LogP contribution >= 0.6 is 0 Å². The Kier molecular flexibility index (Phi) is 6.89. The smallest absolute Gasteiger partial charge is 0.315 e. The van der Waals surface area contributed by atoms with Crippen molar-refractivity contribution >= 4 is 6.03 Å². The topological polar surface area (TPSA) is 72.5 Å². The minimum atomic E-state index is -0.223. The Morgan fingerprint density at radius 1 is 1.08 bits per heavy atom. The van der Waals surface area contributed by atoms with Gasteiger partial charge in [0.2, 0.25) is 5.88 Å². The second-order valence-electron chi connectivity index (χ2n) is 5.08. The molecule has 1 heterocycles. The zero-order chi connectivity index (χ0) is 17.2. The molecular weight excluding hydrogens is 306 g/mol. The van der Waals surface area contributed by atoms with E-state index >= 15 is 0 Å². The molecule has 0 saturated carbocycles. The maximum absolute atomic E-state index is 11.6. The Morgan fingerprint density at radius 2 is 1.88 bits per heavy atom. The van der Waals surface area contributed by atoms with Gasteiger partial charge < -0.3 is 20.1 Å². The maximum Gasteiger partial charge on any atom is 0.315 e. The van der Waals surface area contributed by atoms with Gasteiger partial charge in [-0.15, -0.1) is 0 Å². The lowest BCUT2D eigenvalue weighted by Crippen LogP contribution is -2.34. The molecule has 0 saturated heterocycles. The number of aromatic nitrogens is 1. The fraction of sp³-hybridized carbons (Fsp3) is 0.333. The van der Waals surface area contributed by atoms with Crippen LogP contribution in [0.2, 0.25) is 0 Å². The van der Waals surface area contributed by atoms with Gasteiger partial charge in [0.15, 0.2) is 11.5 Å². The molecule has 2 rings (SSSR count). The lowest BCUT2D eigenvalue weighted by atomic mass is 10.2. The SMILES string of the molecule is CCCOc1ccccc1Oc1ncccc1CNC(=O)NCC. The number of hydrogen-bond acceptors (Lipinski definition) is 4. The molecule has 0 unspecified atom stereocenters. The molecule has 2 aromatic rings. The second kappa shape index (κ2) is 9.39. The standard InChI is InChI=1S/C18H23N3O3/c1-3-12-23-15-9-5-6-10-16(15)24-17-14(8-7-11-20-17)13-21-18(22)19-4-2/h5-11H,3-4,12-13H2,1-2H3,(H2,19,21,22). The molecular formula is C18H23N3O3. The Balaban J connectivity index is 2.11. The van der Waals surface area contributed by atoms with Crippen molar-refractivity contribution in [2.24, 2.45) is 0 Å². The highest BCUT2D eigenvalue weighted by molar-refractivity contribution is 5.73. The summed E-state index contributed by atoms with van der Waals surface area (Å²) in [6.45, 7) is 5.43. The first-order chi connectivity index (χ1) is 11.7. The summed E-state index contributed by atoms with van der Waals surface area (Å²) in [5.41, 5.74) is 0.786. The number of carbonyl (C=O) groups excluding carboxylic acids is 1. The molecule has 2 amide bonds. The molecule has 1 aromatic heterocycles. The number of benzene rings is 1. The number of pyridine rings is 1. The summed E-state index contributed by atoms with van der Waals surface area (Å²) < 4.78 is 11.6. The van der Waals surface area contributed by atoms with Gasteiger partial charge in [0, 0.05) is 24.8 Å². The lowest BCUT2D eigenvalue weighted by molar-refractivity contribution is 0.241. The molecule has 2 N–H and O–H groups in total. The number of rotatable bonds is 8. The van der Waals surface area contributed by atoms with Crippen LogP contribution in [0.1, 0.15) is 25.8 Å². The summed E-state index contributed by atoms with van der Waals surface area (Å²) in [6, 6.07) is 10.9. The van der Waals surface area contributed by atoms with Crippen LogP contribution in [0.3, 0.4) is 0 Å². The number of nitrogens with zero attached hydrogens (tertiary/aromatic N) is 1. The first-order valence-corrected chi connectivity index (χ1v) is 8.09. The molecule has 0 bridgehead atoms. The molecule has 24 heavy (non-hydrogen) atoms. The van der Waals surface area contributed by atoms with Crippen molar-refractivity contribution in [2.75, 3.05) is 13.2 Å². The van der Waals surface area contributed by atoms with Gasteiger partial charge in [-0.2, -0.15) is 0 Å². The molecule has 0 aliphatic heterocycles. The fourth-order valence-corrected chi connectivity index (χ4v) is 2.02. The van der Waals surface area contributed by atoms with Crippen molar-refractivity contribution in [3.05, 3.63) is 48.2 Å². The van der Waals surface area contributed by atoms with E-state index in [-0.39, 0.29) is 6.03 Å². The van der Waals surface area contributed by atoms with Gasteiger partial charge in [-0.3, -0.25) is 0 Å². The van der Waals surface area contributed by atoms with E-state index in [1.807, 2.05) is 44.2 Å². The molecule has 6 nitrogen and oxygen atoms in total. The molecule has 0 atom stereocenters. The number of hydrogen-bond donors (Lipinski definition) is 2. The number of nitrogens with one attached hydrogen (secondary N) is 2. The van der Waals surface area contributed by atoms with Gasteiger partial charge in [-0.05, 0) is 31.5 Å². The molecule has 6 heteroatoms. The largest absolute Gasteiger partial charge is 0.490 e. The Labute approximate surface area is 142 Å². The van der Waals surface area contributed by atoms with Crippen LogP contribution in [-0.2, 0) is 6.54 Å². The molecule has 1 aromatic carbocycles. The normalized spacial score (nSPS) is 10.1. The Hall–Kier alpha value is -2.76. The van der Waals surface area contributed by atoms with E-state index in [0.29, 0.717) is 37.1 Å². The third-order valence-electron chi connectivity index (χ3n) is 3.14. The van der Waals surface area contributed by atoms with Crippen LogP contribution in [0.15, 0.2) is 42.6 Å². The van der Waals surface area contributed by atoms with Crippen LogP contribution < -0.4 is 20.1 Å². The van der Waals surface area contributed by atoms with Crippen LogP contribution in [0.5, 0.6) is 17.4 Å². The summed E-state index contributed by atoms with van der Waals surface area (Å²) >= 11 is 0. The predicted octanol–water partition coefficient (Wildman–Crippen LogP) is 3.48. The summed E-state index contributed by atoms with van der Waals surface area (Å²) in [5.74, 6) is 1.72. The lowest BCUT2D eigenvalue weighted by Gasteiger charge is -2.14. The van der Waals surface area contributed by atoms with Crippen molar-refractivity contribution in [3.63, 3.8) is 0 Å². The maximum atomic E-state index is 11.6. The highest BCUT2D eigenvalue weighted by Gasteiger charge is 2.11. The van der Waals surface area contributed by atoms with Gasteiger partial charge in [-0.25, -0.2) is 9.78 Å². The van der Waals surface area contributed by atoms with E-state index in [1.54, 1.807) is 12.3 Å². The van der Waals surface area contributed by atoms with E-state index in [2.05, 4.69) is 15.6 Å². The van der Waals surface area contributed by atoms with Crippen LogP contribution in [0, 0.1) is 0 Å². The van der Waals surface area contributed by atoms with Gasteiger partial charge in [0.25, 0.3) is 0 Å². The summed E-state index contributed by atoms with van der Waals surface area (Å²) in [4.78, 5) is 15.8. The quantitative estimate of drug-likeness (QED) is 0.778. The monoisotopic (exact) mass is 329 g/mol. The van der Waals surface area contributed by atoms with E-state index in [1.165, 1.54) is 0 Å². The van der Waals surface area contributed by atoms with Crippen molar-refractivity contribution in [1.29, 1.82) is 0 Å². The van der Waals surface area contributed by atoms with Crippen molar-refractivity contribution in [3.8, 4) is 17.4 Å². The van der Waals surface area contributed by atoms with Gasteiger partial charge in [-0.1, -0.05) is 25.1 Å². The zero-order valence-corrected chi connectivity index (χ0v) is 14.0. The zero-order valence-electron chi connectivity index (χ0n) is 14.0. The molecule has 0 aliphatic carbocycles. The molecule has 0 aliphatic rings. The van der Waals surface area contributed by atoms with E-state index < -0.39 is 0 Å². The van der Waals surface area contributed by atoms with E-state index in [9.17, 15) is 4.79 Å². The van der Waals surface area contributed by atoms with Crippen molar-refractivity contribution in [2.45, 2.75) is 26.8 Å². The fourth-order valence-electron chi connectivity index (χ4n) is 2.02. The average molecular weight is 329 g/mol. The molecule has 128 valence electrons. The third-order valence-corrected chi connectivity index (χ3v) is 3.14. The Bertz CT molecular complexity index is 661. The van der Waals surface area contributed by atoms with Gasteiger partial charge in [0.05, 0.1) is 6.61 Å². The minimum absolute atomic E-state index is 0.223. The number of para-hydroxylation sites is 2. The van der Waals surface area contributed by atoms with Crippen molar-refractivity contribution in [1.82, 2.24) is 15.6 Å². The third kappa shape index (κ3) is 5.15. The summed E-state index contributed by atoms with van der Waals surface area (Å²) in [7, 11) is 0. The van der Waals surface area contributed by atoms with E-state index in [4.69, 9.17) is 9.47 Å². The van der Waals surface area contributed by atoms with Crippen LogP contribution in [0.4, 0.5) is 4.79 Å². The molecule has 0 spiro atoms.